The molecule has 0 saturated carbocycles. The van der Waals surface area contributed by atoms with E-state index < -0.39 is 11.4 Å². The molecule has 1 aliphatic rings. The first-order valence-electron chi connectivity index (χ1n) is 7.24. The Morgan fingerprint density at radius 3 is 2.74 bits per heavy atom. The van der Waals surface area contributed by atoms with Gasteiger partial charge in [-0.25, -0.2) is 0 Å². The number of ether oxygens (including phenoxy) is 2. The van der Waals surface area contributed by atoms with Gasteiger partial charge in [0.1, 0.15) is 11.2 Å². The number of carboxylic acid groups (broad SMARTS) is 1. The summed E-state index contributed by atoms with van der Waals surface area (Å²) in [7, 11) is 2.99. The molecule has 0 bridgehead atoms. The van der Waals surface area contributed by atoms with E-state index in [4.69, 9.17) is 21.1 Å². The van der Waals surface area contributed by atoms with Gasteiger partial charge in [0.05, 0.1) is 20.1 Å². The molecule has 1 unspecified atom stereocenters. The van der Waals surface area contributed by atoms with Crippen LogP contribution >= 0.6 is 11.6 Å². The summed E-state index contributed by atoms with van der Waals surface area (Å²) in [6.07, 6.45) is 0.501. The third-order valence-corrected chi connectivity index (χ3v) is 4.40. The zero-order valence-electron chi connectivity index (χ0n) is 13.2. The lowest BCUT2D eigenvalue weighted by atomic mass is 9.88. The number of benzene rings is 1. The first kappa shape index (κ1) is 17.6. The maximum absolute atomic E-state index is 12.5. The zero-order valence-corrected chi connectivity index (χ0v) is 13.9. The van der Waals surface area contributed by atoms with Crippen molar-refractivity contribution in [2.24, 2.45) is 5.41 Å². The Morgan fingerprint density at radius 1 is 1.39 bits per heavy atom. The third-order valence-electron chi connectivity index (χ3n) is 4.16. The molecule has 0 aromatic heterocycles. The van der Waals surface area contributed by atoms with Crippen molar-refractivity contribution in [2.75, 3.05) is 33.9 Å². The molecule has 0 spiro atoms. The van der Waals surface area contributed by atoms with Crippen LogP contribution in [0.5, 0.6) is 5.75 Å². The van der Waals surface area contributed by atoms with Crippen LogP contribution in [0.1, 0.15) is 12.0 Å². The molecule has 1 aromatic rings. The van der Waals surface area contributed by atoms with Gasteiger partial charge in [0.2, 0.25) is 5.91 Å². The Labute approximate surface area is 139 Å². The summed E-state index contributed by atoms with van der Waals surface area (Å²) in [5.41, 5.74) is -0.340. The minimum absolute atomic E-state index is 0.0899. The number of hydrogen-bond acceptors (Lipinski definition) is 4. The molecule has 0 aliphatic carbocycles. The van der Waals surface area contributed by atoms with Crippen LogP contribution in [0.3, 0.4) is 0 Å². The van der Waals surface area contributed by atoms with Crippen molar-refractivity contribution in [3.63, 3.8) is 0 Å². The molecule has 1 amide bonds. The van der Waals surface area contributed by atoms with Crippen molar-refractivity contribution >= 4 is 23.5 Å². The molecule has 2 rings (SSSR count). The van der Waals surface area contributed by atoms with Crippen LogP contribution in [0, 0.1) is 5.41 Å². The minimum Gasteiger partial charge on any atom is -0.496 e. The maximum atomic E-state index is 12.5. The molecule has 23 heavy (non-hydrogen) atoms. The highest BCUT2D eigenvalue weighted by molar-refractivity contribution is 6.30. The monoisotopic (exact) mass is 341 g/mol. The zero-order chi connectivity index (χ0) is 17.0. The average Bonchev–Trinajstić information content (AvgIpc) is 2.94. The van der Waals surface area contributed by atoms with Gasteiger partial charge >= 0.3 is 5.97 Å². The molecule has 1 fully saturated rings. The number of hydrogen-bond donors (Lipinski definition) is 1. The predicted octanol–water partition coefficient (Wildman–Crippen LogP) is 1.84. The first-order valence-corrected chi connectivity index (χ1v) is 7.62. The second kappa shape index (κ2) is 7.19. The van der Waals surface area contributed by atoms with Crippen molar-refractivity contribution < 1.29 is 24.2 Å². The molecule has 1 aromatic carbocycles. The van der Waals surface area contributed by atoms with Crippen LogP contribution in [0.25, 0.3) is 0 Å². The number of carbonyl (C=O) groups is 2. The highest BCUT2D eigenvalue weighted by Gasteiger charge is 2.46. The van der Waals surface area contributed by atoms with Crippen molar-refractivity contribution in [3.8, 4) is 5.75 Å². The Morgan fingerprint density at radius 2 is 2.13 bits per heavy atom. The van der Waals surface area contributed by atoms with Gasteiger partial charge in [-0.1, -0.05) is 11.6 Å². The van der Waals surface area contributed by atoms with Crippen molar-refractivity contribution in [3.05, 3.63) is 28.8 Å². The van der Waals surface area contributed by atoms with Gasteiger partial charge < -0.3 is 19.5 Å². The number of rotatable bonds is 6. The fraction of sp³-hybridized carbons (Fsp3) is 0.500. The second-order valence-corrected chi connectivity index (χ2v) is 6.15. The molecule has 7 heteroatoms. The molecule has 1 saturated heterocycles. The number of halogens is 1. The Balaban J connectivity index is 2.11. The molecular formula is C16H20ClNO5. The lowest BCUT2D eigenvalue weighted by molar-refractivity contribution is -0.151. The summed E-state index contributed by atoms with van der Waals surface area (Å²) < 4.78 is 10.3. The van der Waals surface area contributed by atoms with Gasteiger partial charge in [0.15, 0.2) is 0 Å². The Kier molecular flexibility index (Phi) is 5.49. The summed E-state index contributed by atoms with van der Waals surface area (Å²) in [6, 6.07) is 5.09. The van der Waals surface area contributed by atoms with E-state index in [1.54, 1.807) is 23.1 Å². The molecule has 1 aliphatic heterocycles. The number of nitrogens with zero attached hydrogens (tertiary/aromatic N) is 1. The fourth-order valence-corrected chi connectivity index (χ4v) is 3.07. The van der Waals surface area contributed by atoms with Crippen LogP contribution in [-0.4, -0.2) is 55.8 Å². The molecule has 0 radical (unpaired) electrons. The van der Waals surface area contributed by atoms with E-state index in [1.165, 1.54) is 14.2 Å². The van der Waals surface area contributed by atoms with Gasteiger partial charge in [-0.05, 0) is 24.6 Å². The van der Waals surface area contributed by atoms with Crippen LogP contribution < -0.4 is 4.74 Å². The summed E-state index contributed by atoms with van der Waals surface area (Å²) in [5, 5.41) is 9.97. The number of carboxylic acids is 1. The van der Waals surface area contributed by atoms with Crippen molar-refractivity contribution in [2.45, 2.75) is 12.8 Å². The Hall–Kier alpha value is -1.79. The summed E-state index contributed by atoms with van der Waals surface area (Å²) in [5.74, 6) is -0.497. The standard InChI is InChI=1S/C16H20ClNO5/c1-22-10-16(15(20)21)5-6-18(9-16)14(19)8-11-7-12(17)3-4-13(11)23-2/h3-4,7H,5-6,8-10H2,1-2H3,(H,20,21). The van der Waals surface area contributed by atoms with Gasteiger partial charge in [0.25, 0.3) is 0 Å². The van der Waals surface area contributed by atoms with Crippen LogP contribution in [-0.2, 0) is 20.7 Å². The summed E-state index contributed by atoms with van der Waals surface area (Å²) in [4.78, 5) is 25.6. The van der Waals surface area contributed by atoms with E-state index in [1.807, 2.05) is 0 Å². The molecule has 1 N–H and O–H groups in total. The largest absolute Gasteiger partial charge is 0.496 e. The van der Waals surface area contributed by atoms with Crippen molar-refractivity contribution in [1.29, 1.82) is 0 Å². The molecule has 1 atom stereocenters. The van der Waals surface area contributed by atoms with E-state index in [9.17, 15) is 14.7 Å². The highest BCUT2D eigenvalue weighted by atomic mass is 35.5. The Bertz CT molecular complexity index is 606. The first-order chi connectivity index (χ1) is 10.9. The number of amides is 1. The topological polar surface area (TPSA) is 76.1 Å². The summed E-state index contributed by atoms with van der Waals surface area (Å²) in [6.45, 7) is 0.641. The van der Waals surface area contributed by atoms with E-state index in [0.29, 0.717) is 29.3 Å². The predicted molar refractivity (Wildman–Crippen MR) is 84.8 cm³/mol. The van der Waals surface area contributed by atoms with E-state index in [-0.39, 0.29) is 25.5 Å². The SMILES string of the molecule is COCC1(C(=O)O)CCN(C(=O)Cc2cc(Cl)ccc2OC)C1. The van der Waals surface area contributed by atoms with Crippen molar-refractivity contribution in [1.82, 2.24) is 4.90 Å². The molecule has 6 nitrogen and oxygen atoms in total. The number of aliphatic carboxylic acids is 1. The van der Waals surface area contributed by atoms with Gasteiger partial charge in [-0.3, -0.25) is 9.59 Å². The van der Waals surface area contributed by atoms with Gasteiger partial charge in [-0.15, -0.1) is 0 Å². The molecular weight excluding hydrogens is 322 g/mol. The highest BCUT2D eigenvalue weighted by Crippen LogP contribution is 2.32. The van der Waals surface area contributed by atoms with Crippen LogP contribution in [0.15, 0.2) is 18.2 Å². The van der Waals surface area contributed by atoms with E-state index >= 15 is 0 Å². The quantitative estimate of drug-likeness (QED) is 0.854. The fourth-order valence-electron chi connectivity index (χ4n) is 2.88. The lowest BCUT2D eigenvalue weighted by Crippen LogP contribution is -2.40. The van der Waals surface area contributed by atoms with Gasteiger partial charge in [-0.2, -0.15) is 0 Å². The number of likely N-dealkylation sites (tertiary alicyclic amines) is 1. The minimum atomic E-state index is -1.02. The van der Waals surface area contributed by atoms with Crippen LogP contribution in [0.4, 0.5) is 0 Å². The third kappa shape index (κ3) is 3.76. The average molecular weight is 342 g/mol. The second-order valence-electron chi connectivity index (χ2n) is 5.72. The lowest BCUT2D eigenvalue weighted by Gasteiger charge is -2.24. The number of carbonyl (C=O) groups excluding carboxylic acids is 1. The molecule has 1 heterocycles. The summed E-state index contributed by atoms with van der Waals surface area (Å²) >= 11 is 5.97. The van der Waals surface area contributed by atoms with E-state index in [2.05, 4.69) is 0 Å². The smallest absolute Gasteiger partial charge is 0.313 e. The van der Waals surface area contributed by atoms with Gasteiger partial charge in [0, 0.05) is 30.8 Å². The van der Waals surface area contributed by atoms with E-state index in [0.717, 1.165) is 0 Å². The van der Waals surface area contributed by atoms with Crippen LogP contribution in [0.2, 0.25) is 5.02 Å². The maximum Gasteiger partial charge on any atom is 0.313 e. The normalized spacial score (nSPS) is 20.6. The molecule has 126 valence electrons. The number of methoxy groups -OCH3 is 2.